The molecule has 0 aliphatic carbocycles. The second-order valence-corrected chi connectivity index (χ2v) is 32.2. The first kappa shape index (κ1) is 112. The molecule has 6 aliphatic heterocycles. The molecule has 4 atom stereocenters. The zero-order valence-corrected chi connectivity index (χ0v) is 77.4. The normalized spacial score (nSPS) is 17.5. The third-order valence-electron chi connectivity index (χ3n) is 22.9. The molecule has 6 aliphatic rings. The van der Waals surface area contributed by atoms with Gasteiger partial charge in [-0.15, -0.1) is 0 Å². The number of nitrogens with one attached hydrogen (secondary N) is 7. The summed E-state index contributed by atoms with van der Waals surface area (Å²) in [6.07, 6.45) is -0.0262. The maximum Gasteiger partial charge on any atom is 0.352 e. The van der Waals surface area contributed by atoms with Gasteiger partial charge in [-0.05, 0) is 140 Å². The number of hydrogen-bond donors (Lipinski definition) is 10. The van der Waals surface area contributed by atoms with E-state index in [1.165, 1.54) is 20.8 Å². The number of halogens is 4. The Morgan fingerprint density at radius 3 is 1.15 bits per heavy atom. The third-order valence-corrected chi connectivity index (χ3v) is 22.9. The summed E-state index contributed by atoms with van der Waals surface area (Å²) in [5.41, 5.74) is 0.235. The van der Waals surface area contributed by atoms with Crippen molar-refractivity contribution in [2.75, 3.05) is 193 Å². The Hall–Kier alpha value is -12.6. The number of aromatic carboxylic acids is 1. The molecule has 2 unspecified atom stereocenters. The van der Waals surface area contributed by atoms with Gasteiger partial charge in [0.2, 0.25) is 34.8 Å². The molecule has 139 heavy (non-hydrogen) atoms. The summed E-state index contributed by atoms with van der Waals surface area (Å²) in [6.45, 7) is 8.45. The minimum absolute atomic E-state index is 0. The lowest BCUT2D eigenvalue weighted by molar-refractivity contribution is -0.150. The van der Waals surface area contributed by atoms with Gasteiger partial charge in [0, 0.05) is 156 Å². The minimum Gasteiger partial charge on any atom is -0.477 e. The minimum atomic E-state index is -2.37. The zero-order chi connectivity index (χ0) is 96.8. The highest BCUT2D eigenvalue weighted by molar-refractivity contribution is 7.59. The molecule has 0 saturated carbocycles. The fourth-order valence-corrected chi connectivity index (χ4v) is 15.5. The molecule has 4 fully saturated rings. The number of carboxylic acid groups (broad SMARTS) is 1. The molecule has 0 spiro atoms. The van der Waals surface area contributed by atoms with Crippen molar-refractivity contribution < 1.29 is 138 Å². The van der Waals surface area contributed by atoms with Crippen molar-refractivity contribution >= 4 is 154 Å². The van der Waals surface area contributed by atoms with E-state index in [9.17, 15) is 94.9 Å². The van der Waals surface area contributed by atoms with E-state index in [0.29, 0.717) is 175 Å². The van der Waals surface area contributed by atoms with Gasteiger partial charge in [-0.1, -0.05) is 14.9 Å². The van der Waals surface area contributed by atoms with E-state index >= 15 is 0 Å². The van der Waals surface area contributed by atoms with Crippen LogP contribution in [0.2, 0.25) is 0 Å². The van der Waals surface area contributed by atoms with Crippen LogP contribution in [0.5, 0.6) is 0 Å². The molecule has 8 aromatic rings. The Balaban J connectivity index is 0.000000278. The number of H-pyrrole nitrogens is 2. The summed E-state index contributed by atoms with van der Waals surface area (Å²) in [7, 11) is 7.20. The molecule has 752 valence electrons. The highest BCUT2D eigenvalue weighted by Crippen LogP contribution is 2.37. The van der Waals surface area contributed by atoms with Crippen LogP contribution in [0, 0.1) is 23.3 Å². The van der Waals surface area contributed by atoms with Crippen LogP contribution in [0.25, 0.3) is 21.8 Å². The second kappa shape index (κ2) is 51.9. The van der Waals surface area contributed by atoms with Crippen LogP contribution < -0.4 is 46.2 Å². The van der Waals surface area contributed by atoms with Crippen molar-refractivity contribution in [1.82, 2.24) is 51.3 Å². The Kier molecular flexibility index (Phi) is 41.7. The number of carboxylic acids is 1. The van der Waals surface area contributed by atoms with Gasteiger partial charge in [-0.2, -0.15) is 27.0 Å². The molecule has 14 rings (SSSR count). The highest BCUT2D eigenvalue weighted by atomic mass is 32.1. The van der Waals surface area contributed by atoms with Gasteiger partial charge in [0.25, 0.3) is 53.2 Å². The lowest BCUT2D eigenvalue weighted by atomic mass is 10.0. The van der Waals surface area contributed by atoms with Crippen LogP contribution >= 0.6 is 27.0 Å². The number of ether oxygens (including phenoxy) is 8. The number of nitrogens with zero attached hydrogens (tertiary/aromatic N) is 7. The number of amides is 13. The molecular formula is C94H116F4N14O25S2. The lowest BCUT2D eigenvalue weighted by Gasteiger charge is -2.27. The first-order valence-corrected chi connectivity index (χ1v) is 43.4. The molecule has 0 bridgehead atoms. The van der Waals surface area contributed by atoms with Crippen LogP contribution in [0.3, 0.4) is 0 Å². The third kappa shape index (κ3) is 28.1. The predicted molar refractivity (Wildman–Crippen MR) is 508 cm³/mol. The quantitative estimate of drug-likeness (QED) is 0.0102. The summed E-state index contributed by atoms with van der Waals surface area (Å²) < 4.78 is 98.0. The van der Waals surface area contributed by atoms with Crippen molar-refractivity contribution in [2.45, 2.75) is 89.8 Å². The van der Waals surface area contributed by atoms with Crippen molar-refractivity contribution in [1.29, 1.82) is 0 Å². The predicted octanol–water partition coefficient (Wildman–Crippen LogP) is 5.14. The van der Waals surface area contributed by atoms with Crippen molar-refractivity contribution in [3.63, 3.8) is 0 Å². The fourth-order valence-electron chi connectivity index (χ4n) is 15.5. The number of aromatic amines is 2. The molecule has 39 nitrogen and oxygen atoms in total. The monoisotopic (exact) mass is 1980 g/mol. The Bertz CT molecular complexity index is 5740. The number of imide groups is 4. The number of piperidine rings is 2. The summed E-state index contributed by atoms with van der Waals surface area (Å²) in [4.78, 5) is 191. The van der Waals surface area contributed by atoms with Crippen LogP contribution in [0.1, 0.15) is 127 Å². The summed E-state index contributed by atoms with van der Waals surface area (Å²) in [5, 5.41) is 44.1. The van der Waals surface area contributed by atoms with Gasteiger partial charge in [-0.3, -0.25) is 82.8 Å². The summed E-state index contributed by atoms with van der Waals surface area (Å²) >= 11 is 0. The van der Waals surface area contributed by atoms with Crippen LogP contribution in [-0.4, -0.2) is 319 Å². The molecule has 10 N–H and O–H groups in total. The van der Waals surface area contributed by atoms with Crippen LogP contribution in [0.4, 0.5) is 40.3 Å². The Morgan fingerprint density at radius 1 is 0.439 bits per heavy atom. The average Bonchev–Trinajstić information content (AvgIpc) is 1.62. The standard InChI is InChI=1S/C46H51F2N7O12.C25H36N4O8.C21H17F2N3O5.2CH4.2H2S/c1-52(32-3-5-34-35(26-32)42(59)55(41(34)58)38-7-8-39(56)51-40(38)57)11-13-64-15-17-66-19-20-67-18-16-65-14-12-53(2)43(60)37-24-29-23-33(4-6-36(29)50-37)54-10-9-46(63,45(54)62)44(61)49-27-28-21-30(47)25-31(48)22-28;1-26-7-9-34-11-13-36-15-16-37-14-12-35-10-8-28(2)18-3-4-19-20(17-18)25(33)29(24(19)32)21-5-6-22(30)27-23(21)31;22-13-5-11(6-14(23)9-13)10-24-19(29)21(31)3-4-26(20(21)30)15-1-2-16-12(7-15)8-17(25-16)18(27)28;;;;/h3-6,21-26,38,50,63H,7-20,27H2,1-2H3,(H,49,61)(H,51,56,57);3-4,17,21,26H,5-16H2,1-2H3,(H,27,30,31);1-2,5-9,25,31H,3-4,10H2,(H,24,29)(H,27,28);2*1H4;2*1H2/t38?,46-;;21-;;;;/m0.0..../s1. The van der Waals surface area contributed by atoms with Gasteiger partial charge >= 0.3 is 5.97 Å². The first-order valence-electron chi connectivity index (χ1n) is 43.4. The molecule has 6 aromatic carbocycles. The van der Waals surface area contributed by atoms with E-state index in [1.54, 1.807) is 85.9 Å². The van der Waals surface area contributed by atoms with Crippen LogP contribution in [0.15, 0.2) is 121 Å². The molecule has 13 amide bonds. The molecule has 2 aromatic heterocycles. The maximum absolute atomic E-state index is 13.6. The zero-order valence-electron chi connectivity index (χ0n) is 75.4. The van der Waals surface area contributed by atoms with Crippen molar-refractivity contribution in [2.24, 2.45) is 0 Å². The number of benzene rings is 6. The first-order chi connectivity index (χ1) is 64.7. The van der Waals surface area contributed by atoms with Gasteiger partial charge < -0.3 is 104 Å². The lowest BCUT2D eigenvalue weighted by Crippen LogP contribution is -2.54. The molecule has 45 heteroatoms. The number of likely N-dealkylation sites (N-methyl/N-ethyl adjacent to an activating group) is 4. The van der Waals surface area contributed by atoms with E-state index in [4.69, 9.17) is 43.0 Å². The molecular weight excluding hydrogens is 1870 g/mol. The number of carbonyl (C=O) groups is 14. The van der Waals surface area contributed by atoms with Crippen molar-refractivity contribution in [3.8, 4) is 0 Å². The van der Waals surface area contributed by atoms with E-state index in [0.717, 1.165) is 46.3 Å². The van der Waals surface area contributed by atoms with E-state index in [2.05, 4.69) is 36.6 Å². The second-order valence-electron chi connectivity index (χ2n) is 32.2. The van der Waals surface area contributed by atoms with Crippen molar-refractivity contribution in [3.05, 3.63) is 189 Å². The smallest absolute Gasteiger partial charge is 0.352 e. The Morgan fingerprint density at radius 2 is 0.784 bits per heavy atom. The number of hydrogen-bond acceptors (Lipinski definition) is 27. The topological polar surface area (TPSA) is 488 Å². The number of aromatic nitrogens is 2. The highest BCUT2D eigenvalue weighted by Gasteiger charge is 2.54. The van der Waals surface area contributed by atoms with Gasteiger partial charge in [0.05, 0.1) is 128 Å². The molecule has 8 heterocycles. The van der Waals surface area contributed by atoms with Gasteiger partial charge in [0.15, 0.2) is 0 Å². The summed E-state index contributed by atoms with van der Waals surface area (Å²) in [5.74, 6) is -12.6. The van der Waals surface area contributed by atoms with E-state index < -0.39 is 123 Å². The van der Waals surface area contributed by atoms with E-state index in [1.807, 2.05) is 30.9 Å². The van der Waals surface area contributed by atoms with E-state index in [-0.39, 0.29) is 158 Å². The Labute approximate surface area is 811 Å². The number of fused-ring (bicyclic) bond motifs is 4. The summed E-state index contributed by atoms with van der Waals surface area (Å²) in [6, 6.07) is 26.2. The number of carbonyl (C=O) groups excluding carboxylic acids is 13. The SMILES string of the molecule is C.C.CN(CCOCCOCCOCCOCCN(C)c1ccc2c(c1)C(=O)N(C1CCC(=O)NC1=O)C2=O)C(=O)c1cc2cc(N3CC[C@](O)(C(=O)NCc4cc(F)cc(F)c4)C3=O)ccc2[nH]1.CNCCOCCOCCOCCOCCN(C)c1ccc2c(c1)C(=O)N(C1CCC(=O)NC1=O)C2=O.O=C(O)c1cc2cc(N3CC[C@](O)(C(=O)NCc4cc(F)cc(F)c4)C3=O)ccc2[nH]1.S.S. The molecule has 4 saturated heterocycles. The van der Waals surface area contributed by atoms with Gasteiger partial charge in [0.1, 0.15) is 46.7 Å². The van der Waals surface area contributed by atoms with Crippen LogP contribution in [-0.2, 0) is 89.3 Å². The number of aliphatic hydroxyl groups is 2. The molecule has 0 radical (unpaired) electrons. The number of rotatable bonds is 44. The number of anilines is 4. The fraction of sp³-hybridized carbons (Fsp3) is 0.426. The largest absolute Gasteiger partial charge is 0.477 e. The average molecular weight is 1980 g/mol. The van der Waals surface area contributed by atoms with Gasteiger partial charge in [-0.25, -0.2) is 22.4 Å². The maximum atomic E-state index is 13.6.